The maximum Gasteiger partial charge on any atom is 0.224 e. The first-order chi connectivity index (χ1) is 6.59. The van der Waals surface area contributed by atoms with Crippen molar-refractivity contribution in [1.29, 1.82) is 0 Å². The molecule has 1 rings (SSSR count). The highest BCUT2D eigenvalue weighted by molar-refractivity contribution is 7.07. The molecule has 1 aromatic heterocycles. The topological polar surface area (TPSA) is 59.2 Å². The molecule has 1 unspecified atom stereocenters. The highest BCUT2D eigenvalue weighted by atomic mass is 35.5. The Balaban J connectivity index is 0. The summed E-state index contributed by atoms with van der Waals surface area (Å²) in [5, 5.41) is 1.94. The predicted octanol–water partition coefficient (Wildman–Crippen LogP) is 1.68. The molecule has 0 radical (unpaired) electrons. The minimum absolute atomic E-state index is 0. The van der Waals surface area contributed by atoms with Crippen LogP contribution in [0.25, 0.3) is 0 Å². The Labute approximate surface area is 112 Å². The quantitative estimate of drug-likeness (QED) is 0.916. The fraction of sp³-hybridized carbons (Fsp3) is 0.556. The number of carbonyl (C=O) groups excluding carboxylic acids is 1. The number of thiazole rings is 1. The van der Waals surface area contributed by atoms with Gasteiger partial charge in [0, 0.05) is 24.9 Å². The Morgan fingerprint density at radius 1 is 1.62 bits per heavy atom. The van der Waals surface area contributed by atoms with Crippen molar-refractivity contribution < 1.29 is 4.79 Å². The van der Waals surface area contributed by atoms with Crippen LogP contribution in [0, 0.1) is 0 Å². The Morgan fingerprint density at radius 2 is 2.25 bits per heavy atom. The number of carbonyl (C=O) groups is 1. The largest absolute Gasteiger partial charge is 0.340 e. The Kier molecular flexibility index (Phi) is 9.86. The SMILES string of the molecule is CC(N)CC(=O)N(C)Cc1cscn1.Cl.Cl. The summed E-state index contributed by atoms with van der Waals surface area (Å²) in [7, 11) is 1.77. The number of aromatic nitrogens is 1. The van der Waals surface area contributed by atoms with Crippen LogP contribution in [0.1, 0.15) is 19.0 Å². The molecule has 0 saturated heterocycles. The zero-order valence-electron chi connectivity index (χ0n) is 9.25. The zero-order valence-corrected chi connectivity index (χ0v) is 11.7. The Morgan fingerprint density at radius 3 is 2.69 bits per heavy atom. The molecule has 0 aliphatic carbocycles. The number of hydrogen-bond donors (Lipinski definition) is 1. The van der Waals surface area contributed by atoms with E-state index in [2.05, 4.69) is 4.98 Å². The maximum atomic E-state index is 11.5. The van der Waals surface area contributed by atoms with Gasteiger partial charge in [-0.05, 0) is 6.92 Å². The molecule has 1 atom stereocenters. The van der Waals surface area contributed by atoms with E-state index in [0.29, 0.717) is 13.0 Å². The molecule has 16 heavy (non-hydrogen) atoms. The third-order valence-electron chi connectivity index (χ3n) is 1.80. The number of nitrogens with zero attached hydrogens (tertiary/aromatic N) is 2. The van der Waals surface area contributed by atoms with Gasteiger partial charge < -0.3 is 10.6 Å². The fourth-order valence-electron chi connectivity index (χ4n) is 1.08. The van der Waals surface area contributed by atoms with Crippen LogP contribution >= 0.6 is 36.2 Å². The van der Waals surface area contributed by atoms with Crippen LogP contribution in [0.5, 0.6) is 0 Å². The summed E-state index contributed by atoms with van der Waals surface area (Å²) in [5.41, 5.74) is 8.23. The van der Waals surface area contributed by atoms with Crippen molar-refractivity contribution in [3.8, 4) is 0 Å². The summed E-state index contributed by atoms with van der Waals surface area (Å²) in [5.74, 6) is 0.0630. The van der Waals surface area contributed by atoms with Crippen LogP contribution in [0.3, 0.4) is 0 Å². The predicted molar refractivity (Wildman–Crippen MR) is 71.4 cm³/mol. The molecule has 0 fully saturated rings. The molecule has 4 nitrogen and oxygen atoms in total. The second kappa shape index (κ2) is 8.75. The number of rotatable bonds is 4. The molecule has 0 bridgehead atoms. The molecular formula is C9H17Cl2N3OS. The van der Waals surface area contributed by atoms with Gasteiger partial charge in [0.2, 0.25) is 5.91 Å². The third kappa shape index (κ3) is 6.27. The lowest BCUT2D eigenvalue weighted by atomic mass is 10.2. The van der Waals surface area contributed by atoms with Crippen molar-refractivity contribution in [3.05, 3.63) is 16.6 Å². The zero-order chi connectivity index (χ0) is 10.6. The number of hydrogen-bond acceptors (Lipinski definition) is 4. The lowest BCUT2D eigenvalue weighted by molar-refractivity contribution is -0.130. The van der Waals surface area contributed by atoms with Crippen molar-refractivity contribution in [2.24, 2.45) is 5.73 Å². The van der Waals surface area contributed by atoms with E-state index >= 15 is 0 Å². The molecule has 7 heteroatoms. The smallest absolute Gasteiger partial charge is 0.224 e. The van der Waals surface area contributed by atoms with Crippen LogP contribution in [-0.4, -0.2) is 28.9 Å². The van der Waals surface area contributed by atoms with Gasteiger partial charge in [0.25, 0.3) is 0 Å². The summed E-state index contributed by atoms with van der Waals surface area (Å²) in [6, 6.07) is -0.0830. The second-order valence-corrected chi connectivity index (χ2v) is 4.13. The van der Waals surface area contributed by atoms with E-state index in [4.69, 9.17) is 5.73 Å². The van der Waals surface area contributed by atoms with Crippen molar-refractivity contribution in [2.45, 2.75) is 25.9 Å². The third-order valence-corrected chi connectivity index (χ3v) is 2.44. The Bertz CT molecular complexity index is 293. The average molecular weight is 286 g/mol. The number of nitrogens with two attached hydrogens (primary N) is 1. The van der Waals surface area contributed by atoms with E-state index in [1.807, 2.05) is 12.3 Å². The number of amides is 1. The van der Waals surface area contributed by atoms with Gasteiger partial charge in [-0.2, -0.15) is 0 Å². The number of halogens is 2. The van der Waals surface area contributed by atoms with E-state index in [0.717, 1.165) is 5.69 Å². The molecule has 0 aliphatic heterocycles. The first-order valence-electron chi connectivity index (χ1n) is 4.46. The molecule has 0 aliphatic rings. The van der Waals surface area contributed by atoms with Crippen LogP contribution < -0.4 is 5.73 Å². The highest BCUT2D eigenvalue weighted by Crippen LogP contribution is 2.05. The molecule has 0 aromatic carbocycles. The lowest BCUT2D eigenvalue weighted by Gasteiger charge is -2.16. The normalized spacial score (nSPS) is 10.9. The van der Waals surface area contributed by atoms with Crippen molar-refractivity contribution in [1.82, 2.24) is 9.88 Å². The van der Waals surface area contributed by atoms with Gasteiger partial charge in [0.1, 0.15) is 0 Å². The van der Waals surface area contributed by atoms with Crippen LogP contribution in [0.2, 0.25) is 0 Å². The van der Waals surface area contributed by atoms with Gasteiger partial charge in [0.05, 0.1) is 17.7 Å². The van der Waals surface area contributed by atoms with Gasteiger partial charge in [-0.1, -0.05) is 0 Å². The van der Waals surface area contributed by atoms with E-state index in [-0.39, 0.29) is 36.8 Å². The summed E-state index contributed by atoms with van der Waals surface area (Å²) in [6.07, 6.45) is 0.390. The monoisotopic (exact) mass is 285 g/mol. The van der Waals surface area contributed by atoms with E-state index in [9.17, 15) is 4.79 Å². The van der Waals surface area contributed by atoms with Crippen molar-refractivity contribution in [3.63, 3.8) is 0 Å². The fourth-order valence-corrected chi connectivity index (χ4v) is 1.63. The van der Waals surface area contributed by atoms with E-state index in [1.54, 1.807) is 17.5 Å². The molecule has 94 valence electrons. The van der Waals surface area contributed by atoms with Gasteiger partial charge in [-0.3, -0.25) is 4.79 Å². The van der Waals surface area contributed by atoms with Gasteiger partial charge in [-0.25, -0.2) is 4.98 Å². The molecule has 0 spiro atoms. The van der Waals surface area contributed by atoms with Crippen molar-refractivity contribution in [2.75, 3.05) is 7.05 Å². The summed E-state index contributed by atoms with van der Waals surface area (Å²) in [4.78, 5) is 17.3. The van der Waals surface area contributed by atoms with Crippen molar-refractivity contribution >= 4 is 42.1 Å². The maximum absolute atomic E-state index is 11.5. The molecule has 2 N–H and O–H groups in total. The molecule has 1 aromatic rings. The molecular weight excluding hydrogens is 269 g/mol. The van der Waals surface area contributed by atoms with E-state index < -0.39 is 0 Å². The van der Waals surface area contributed by atoms with Crippen LogP contribution in [0.4, 0.5) is 0 Å². The molecule has 1 amide bonds. The second-order valence-electron chi connectivity index (χ2n) is 3.41. The Hall–Kier alpha value is -0.360. The average Bonchev–Trinajstić information content (AvgIpc) is 2.55. The molecule has 1 heterocycles. The van der Waals surface area contributed by atoms with Crippen LogP contribution in [-0.2, 0) is 11.3 Å². The summed E-state index contributed by atoms with van der Waals surface area (Å²) < 4.78 is 0. The minimum Gasteiger partial charge on any atom is -0.340 e. The van der Waals surface area contributed by atoms with Gasteiger partial charge in [0.15, 0.2) is 0 Å². The minimum atomic E-state index is -0.0830. The van der Waals surface area contributed by atoms with Crippen LogP contribution in [0.15, 0.2) is 10.9 Å². The summed E-state index contributed by atoms with van der Waals surface area (Å²) >= 11 is 1.53. The summed E-state index contributed by atoms with van der Waals surface area (Å²) in [6.45, 7) is 2.39. The first kappa shape index (κ1) is 18.0. The standard InChI is InChI=1S/C9H15N3OS.2ClH/c1-7(10)3-9(13)12(2)4-8-5-14-6-11-8;;/h5-7H,3-4,10H2,1-2H3;2*1H. The lowest BCUT2D eigenvalue weighted by Crippen LogP contribution is -2.31. The van der Waals surface area contributed by atoms with E-state index in [1.165, 1.54) is 11.3 Å². The van der Waals surface area contributed by atoms with Gasteiger partial charge >= 0.3 is 0 Å². The molecule has 0 saturated carbocycles. The first-order valence-corrected chi connectivity index (χ1v) is 5.40. The highest BCUT2D eigenvalue weighted by Gasteiger charge is 2.11. The van der Waals surface area contributed by atoms with Gasteiger partial charge in [-0.15, -0.1) is 36.2 Å².